The molecule has 4 fully saturated rings. The van der Waals surface area contributed by atoms with Crippen molar-refractivity contribution in [3.8, 4) is 11.4 Å². The molecule has 0 bridgehead atoms. The summed E-state index contributed by atoms with van der Waals surface area (Å²) < 4.78 is 1.71. The number of pyridine rings is 1. The van der Waals surface area contributed by atoms with Gasteiger partial charge in [-0.3, -0.25) is 29.6 Å². The summed E-state index contributed by atoms with van der Waals surface area (Å²) in [7, 11) is 1.87. The Morgan fingerprint density at radius 2 is 1.83 bits per heavy atom. The van der Waals surface area contributed by atoms with Crippen LogP contribution in [0.1, 0.15) is 61.4 Å². The average molecular weight is 636 g/mol. The quantitative estimate of drug-likeness (QED) is 0.425. The van der Waals surface area contributed by atoms with E-state index in [-0.39, 0.29) is 23.4 Å². The summed E-state index contributed by atoms with van der Waals surface area (Å²) in [6.45, 7) is 6.08. The van der Waals surface area contributed by atoms with Crippen LogP contribution in [-0.2, 0) is 16.6 Å². The highest BCUT2D eigenvalue weighted by Gasteiger charge is 2.53. The highest BCUT2D eigenvalue weighted by atomic mass is 16.2. The average Bonchev–Trinajstić information content (AvgIpc) is 3.89. The lowest BCUT2D eigenvalue weighted by Crippen LogP contribution is -2.47. The van der Waals surface area contributed by atoms with E-state index in [2.05, 4.69) is 78.2 Å². The van der Waals surface area contributed by atoms with Gasteiger partial charge in [0.25, 0.3) is 0 Å². The van der Waals surface area contributed by atoms with Crippen LogP contribution >= 0.6 is 0 Å². The van der Waals surface area contributed by atoms with Gasteiger partial charge in [0.2, 0.25) is 11.8 Å². The van der Waals surface area contributed by atoms with Gasteiger partial charge < -0.3 is 9.80 Å². The number of likely N-dealkylation sites (tertiary alicyclic amines) is 2. The molecule has 2 aromatic heterocycles. The second kappa shape index (κ2) is 12.3. The van der Waals surface area contributed by atoms with E-state index in [9.17, 15) is 9.59 Å². The SMILES string of the molecule is Cc1ccc(C2NNC3CCC(N4CC[C@]5(CCN(CC(=O)N6CC=C(c7ccc(-c8ncn(C)n8)cc7)CC6)C5)C4=O)CC32)cn1. The number of rotatable bonds is 6. The van der Waals surface area contributed by atoms with E-state index in [1.165, 1.54) is 16.7 Å². The Balaban J connectivity index is 0.848. The molecule has 6 heterocycles. The molecule has 1 saturated carbocycles. The highest BCUT2D eigenvalue weighted by molar-refractivity contribution is 5.86. The molecular formula is C36H45N9O2. The molecule has 11 heteroatoms. The zero-order valence-corrected chi connectivity index (χ0v) is 27.4. The number of benzene rings is 1. The lowest BCUT2D eigenvalue weighted by Gasteiger charge is -2.38. The maximum absolute atomic E-state index is 14.1. The zero-order chi connectivity index (χ0) is 32.1. The summed E-state index contributed by atoms with van der Waals surface area (Å²) in [5, 5.41) is 4.39. The van der Waals surface area contributed by atoms with Crippen molar-refractivity contribution < 1.29 is 9.59 Å². The van der Waals surface area contributed by atoms with Crippen LogP contribution in [0.3, 0.4) is 0 Å². The minimum atomic E-state index is -0.338. The first kappa shape index (κ1) is 30.4. The van der Waals surface area contributed by atoms with Crippen molar-refractivity contribution in [3.05, 3.63) is 71.8 Å². The van der Waals surface area contributed by atoms with Crippen LogP contribution in [-0.4, -0.2) is 97.6 Å². The van der Waals surface area contributed by atoms with Gasteiger partial charge in [-0.05, 0) is 80.7 Å². The summed E-state index contributed by atoms with van der Waals surface area (Å²) in [5.41, 5.74) is 12.4. The number of hydrogen-bond acceptors (Lipinski definition) is 8. The molecular weight excluding hydrogens is 590 g/mol. The van der Waals surface area contributed by atoms with Crippen LogP contribution in [0.5, 0.6) is 0 Å². The predicted molar refractivity (Wildman–Crippen MR) is 178 cm³/mol. The summed E-state index contributed by atoms with van der Waals surface area (Å²) in [6.07, 6.45) is 11.6. The van der Waals surface area contributed by atoms with Crippen molar-refractivity contribution in [3.63, 3.8) is 0 Å². The van der Waals surface area contributed by atoms with Gasteiger partial charge in [-0.25, -0.2) is 10.4 Å². The maximum Gasteiger partial charge on any atom is 0.237 e. The molecule has 2 N–H and O–H groups in total. The summed E-state index contributed by atoms with van der Waals surface area (Å²) >= 11 is 0. The minimum Gasteiger partial charge on any atom is -0.339 e. The van der Waals surface area contributed by atoms with E-state index in [1.807, 2.05) is 25.1 Å². The monoisotopic (exact) mass is 635 g/mol. The van der Waals surface area contributed by atoms with Crippen molar-refractivity contribution in [1.82, 2.24) is 45.3 Å². The van der Waals surface area contributed by atoms with E-state index < -0.39 is 0 Å². The van der Waals surface area contributed by atoms with Crippen LogP contribution < -0.4 is 10.9 Å². The van der Waals surface area contributed by atoms with E-state index in [0.29, 0.717) is 44.0 Å². The van der Waals surface area contributed by atoms with E-state index in [1.54, 1.807) is 11.0 Å². The smallest absolute Gasteiger partial charge is 0.237 e. The normalized spacial score (nSPS) is 29.5. The number of hydrazine groups is 1. The van der Waals surface area contributed by atoms with Crippen LogP contribution in [0.25, 0.3) is 17.0 Å². The lowest BCUT2D eigenvalue weighted by molar-refractivity contribution is -0.139. The molecule has 1 aromatic carbocycles. The van der Waals surface area contributed by atoms with E-state index in [0.717, 1.165) is 68.7 Å². The van der Waals surface area contributed by atoms with Gasteiger partial charge in [0.05, 0.1) is 18.0 Å². The second-order valence-electron chi connectivity index (χ2n) is 14.4. The first-order valence-corrected chi connectivity index (χ1v) is 17.3. The molecule has 5 aliphatic rings. The fraction of sp³-hybridized carbons (Fsp3) is 0.528. The van der Waals surface area contributed by atoms with E-state index >= 15 is 0 Å². The summed E-state index contributed by atoms with van der Waals surface area (Å²) in [6, 6.07) is 13.5. The Morgan fingerprint density at radius 1 is 1.00 bits per heavy atom. The maximum atomic E-state index is 14.1. The molecule has 3 saturated heterocycles. The van der Waals surface area contributed by atoms with Gasteiger partial charge in [-0.2, -0.15) is 5.10 Å². The van der Waals surface area contributed by atoms with E-state index in [4.69, 9.17) is 0 Å². The van der Waals surface area contributed by atoms with Crippen molar-refractivity contribution in [1.29, 1.82) is 0 Å². The molecule has 47 heavy (non-hydrogen) atoms. The number of carbonyl (C=O) groups excluding carboxylic acids is 2. The fourth-order valence-corrected chi connectivity index (χ4v) is 8.73. The molecule has 4 aliphatic heterocycles. The number of amides is 2. The molecule has 1 aliphatic carbocycles. The topological polar surface area (TPSA) is 112 Å². The number of aryl methyl sites for hydroxylation is 2. The van der Waals surface area contributed by atoms with Gasteiger partial charge in [-0.1, -0.05) is 36.4 Å². The molecule has 1 spiro atoms. The summed E-state index contributed by atoms with van der Waals surface area (Å²) in [4.78, 5) is 42.7. The molecule has 246 valence electrons. The third-order valence-corrected chi connectivity index (χ3v) is 11.5. The third-order valence-electron chi connectivity index (χ3n) is 11.5. The summed E-state index contributed by atoms with van der Waals surface area (Å²) in [5.74, 6) is 1.63. The van der Waals surface area contributed by atoms with Crippen LogP contribution in [0.4, 0.5) is 0 Å². The number of carbonyl (C=O) groups is 2. The molecule has 5 atom stereocenters. The highest BCUT2D eigenvalue weighted by Crippen LogP contribution is 2.45. The molecule has 0 radical (unpaired) electrons. The van der Waals surface area contributed by atoms with Crippen molar-refractivity contribution in [2.45, 2.75) is 63.6 Å². The first-order valence-electron chi connectivity index (χ1n) is 17.3. The first-order chi connectivity index (χ1) is 22.8. The Hall–Kier alpha value is -3.93. The van der Waals surface area contributed by atoms with Gasteiger partial charge in [0.15, 0.2) is 5.82 Å². The molecule has 3 aromatic rings. The number of fused-ring (bicyclic) bond motifs is 1. The number of aromatic nitrogens is 4. The standard InChI is InChI=1S/C36H45N9O2/c1-24-3-4-28(20-37-24)33-30-19-29(9-10-31(30)39-40-33)45-18-14-36(35(45)47)13-17-43(22-36)21-32(46)44-15-11-26(12-16-44)25-5-7-27(8-6-25)34-38-23-42(2)41-34/h3-8,11,20,23,29-31,33,39-40H,9-10,12-19,21-22H2,1-2H3/t29?,30?,31?,33?,36-/m0/s1. The molecule has 11 nitrogen and oxygen atoms in total. The van der Waals surface area contributed by atoms with Crippen molar-refractivity contribution in [2.75, 3.05) is 39.3 Å². The van der Waals surface area contributed by atoms with Crippen LogP contribution in [0, 0.1) is 18.3 Å². The molecule has 4 unspecified atom stereocenters. The largest absolute Gasteiger partial charge is 0.339 e. The van der Waals surface area contributed by atoms with Gasteiger partial charge in [-0.15, -0.1) is 0 Å². The Labute approximate surface area is 276 Å². The van der Waals surface area contributed by atoms with Gasteiger partial charge in [0.1, 0.15) is 6.33 Å². The number of hydrogen-bond donors (Lipinski definition) is 2. The molecule has 2 amide bonds. The van der Waals surface area contributed by atoms with Gasteiger partial charge >= 0.3 is 0 Å². The number of nitrogens with zero attached hydrogens (tertiary/aromatic N) is 7. The Morgan fingerprint density at radius 3 is 2.57 bits per heavy atom. The van der Waals surface area contributed by atoms with Crippen LogP contribution in [0.2, 0.25) is 0 Å². The van der Waals surface area contributed by atoms with Crippen LogP contribution in [0.15, 0.2) is 55.0 Å². The Kier molecular flexibility index (Phi) is 7.93. The van der Waals surface area contributed by atoms with Gasteiger partial charge in [0, 0.05) is 62.8 Å². The lowest BCUT2D eigenvalue weighted by atomic mass is 9.77. The minimum absolute atomic E-state index is 0.160. The second-order valence-corrected chi connectivity index (χ2v) is 14.4. The predicted octanol–water partition coefficient (Wildman–Crippen LogP) is 3.11. The third kappa shape index (κ3) is 5.78. The Bertz CT molecular complexity index is 1670. The van der Waals surface area contributed by atoms with Crippen molar-refractivity contribution >= 4 is 17.4 Å². The van der Waals surface area contributed by atoms with Crippen molar-refractivity contribution in [2.24, 2.45) is 18.4 Å². The fourth-order valence-electron chi connectivity index (χ4n) is 8.73. The zero-order valence-electron chi connectivity index (χ0n) is 27.4. The number of nitrogens with one attached hydrogen (secondary N) is 2. The molecule has 8 rings (SSSR count).